The summed E-state index contributed by atoms with van der Waals surface area (Å²) in [4.78, 5) is 16.5. The Kier molecular flexibility index (Phi) is 5.67. The number of benzene rings is 1. The average Bonchev–Trinajstić information content (AvgIpc) is 3.03. The molecule has 2 aromatic heterocycles. The fourth-order valence-electron chi connectivity index (χ4n) is 3.60. The SMILES string of the molecule is O=C(CCc1ccccc1Cl)NC1CCc2nnc(-c3ccncc3)n2CC1. The first-order valence-electron chi connectivity index (χ1n) is 9.56. The zero-order chi connectivity index (χ0) is 19.3. The molecule has 3 aromatic rings. The van der Waals surface area contributed by atoms with Gasteiger partial charge in [0.2, 0.25) is 5.91 Å². The molecule has 0 saturated carbocycles. The van der Waals surface area contributed by atoms with Crippen LogP contribution in [0, 0.1) is 0 Å². The summed E-state index contributed by atoms with van der Waals surface area (Å²) in [6.45, 7) is 0.787. The van der Waals surface area contributed by atoms with Crippen LogP contribution in [-0.2, 0) is 24.2 Å². The second kappa shape index (κ2) is 8.52. The van der Waals surface area contributed by atoms with Crippen LogP contribution in [0.3, 0.4) is 0 Å². The maximum atomic E-state index is 12.4. The highest BCUT2D eigenvalue weighted by molar-refractivity contribution is 6.31. The van der Waals surface area contributed by atoms with E-state index in [0.29, 0.717) is 17.9 Å². The van der Waals surface area contributed by atoms with Crippen LogP contribution in [0.1, 0.15) is 30.7 Å². The van der Waals surface area contributed by atoms with E-state index in [-0.39, 0.29) is 11.9 Å². The standard InChI is InChI=1S/C21H22ClN5O/c22-18-4-2-1-3-15(18)5-8-20(28)24-17-6-7-19-25-26-21(27(19)14-11-17)16-9-12-23-13-10-16/h1-4,9-10,12-13,17H,5-8,11,14H2,(H,24,28). The van der Waals surface area contributed by atoms with Crippen molar-refractivity contribution < 1.29 is 4.79 Å². The summed E-state index contributed by atoms with van der Waals surface area (Å²) < 4.78 is 2.16. The van der Waals surface area contributed by atoms with Gasteiger partial charge in [0.15, 0.2) is 5.82 Å². The van der Waals surface area contributed by atoms with Gasteiger partial charge in [-0.3, -0.25) is 9.78 Å². The summed E-state index contributed by atoms with van der Waals surface area (Å²) in [6, 6.07) is 11.7. The molecular weight excluding hydrogens is 374 g/mol. The summed E-state index contributed by atoms with van der Waals surface area (Å²) in [5.41, 5.74) is 2.02. The molecule has 0 bridgehead atoms. The Bertz CT molecular complexity index is 956. The molecule has 0 aliphatic carbocycles. The van der Waals surface area contributed by atoms with Crippen molar-refractivity contribution in [2.75, 3.05) is 0 Å². The van der Waals surface area contributed by atoms with Crippen LogP contribution in [0.4, 0.5) is 0 Å². The third-order valence-corrected chi connectivity index (χ3v) is 5.50. The molecule has 1 unspecified atom stereocenters. The molecule has 6 nitrogen and oxygen atoms in total. The van der Waals surface area contributed by atoms with Gasteiger partial charge in [0.25, 0.3) is 0 Å². The molecular formula is C21H22ClN5O. The van der Waals surface area contributed by atoms with Crippen LogP contribution in [0.2, 0.25) is 5.02 Å². The zero-order valence-electron chi connectivity index (χ0n) is 15.5. The van der Waals surface area contributed by atoms with Gasteiger partial charge >= 0.3 is 0 Å². The molecule has 1 N–H and O–H groups in total. The number of pyridine rings is 1. The lowest BCUT2D eigenvalue weighted by atomic mass is 10.1. The molecule has 0 fully saturated rings. The fourth-order valence-corrected chi connectivity index (χ4v) is 3.83. The Hall–Kier alpha value is -2.73. The van der Waals surface area contributed by atoms with Gasteiger partial charge in [-0.25, -0.2) is 0 Å². The third-order valence-electron chi connectivity index (χ3n) is 5.13. The second-order valence-electron chi connectivity index (χ2n) is 7.01. The Morgan fingerprint density at radius 2 is 1.96 bits per heavy atom. The van der Waals surface area contributed by atoms with Gasteiger partial charge in [-0.05, 0) is 43.0 Å². The summed E-state index contributed by atoms with van der Waals surface area (Å²) in [5, 5.41) is 12.6. The molecule has 1 aliphatic rings. The minimum absolute atomic E-state index is 0.0666. The predicted molar refractivity (Wildman–Crippen MR) is 108 cm³/mol. The van der Waals surface area contributed by atoms with Gasteiger partial charge < -0.3 is 9.88 Å². The molecule has 1 aliphatic heterocycles. The maximum Gasteiger partial charge on any atom is 0.220 e. The lowest BCUT2D eigenvalue weighted by Crippen LogP contribution is -2.35. The highest BCUT2D eigenvalue weighted by Crippen LogP contribution is 2.22. The van der Waals surface area contributed by atoms with Crippen molar-refractivity contribution in [3.8, 4) is 11.4 Å². The van der Waals surface area contributed by atoms with E-state index in [1.54, 1.807) is 12.4 Å². The highest BCUT2D eigenvalue weighted by atomic mass is 35.5. The van der Waals surface area contributed by atoms with E-state index in [4.69, 9.17) is 11.6 Å². The van der Waals surface area contributed by atoms with Gasteiger partial charge in [-0.1, -0.05) is 29.8 Å². The number of nitrogens with one attached hydrogen (secondary N) is 1. The second-order valence-corrected chi connectivity index (χ2v) is 7.42. The minimum atomic E-state index is 0.0666. The van der Waals surface area contributed by atoms with E-state index >= 15 is 0 Å². The maximum absolute atomic E-state index is 12.4. The summed E-state index contributed by atoms with van der Waals surface area (Å²) in [5.74, 6) is 1.90. The van der Waals surface area contributed by atoms with Crippen LogP contribution in [0.5, 0.6) is 0 Å². The zero-order valence-corrected chi connectivity index (χ0v) is 16.3. The first kappa shape index (κ1) is 18.6. The number of carbonyl (C=O) groups is 1. The van der Waals surface area contributed by atoms with Crippen LogP contribution in [0.15, 0.2) is 48.8 Å². The van der Waals surface area contributed by atoms with Crippen molar-refractivity contribution in [1.82, 2.24) is 25.1 Å². The number of hydrogen-bond donors (Lipinski definition) is 1. The van der Waals surface area contributed by atoms with Crippen molar-refractivity contribution in [2.45, 2.75) is 44.7 Å². The van der Waals surface area contributed by atoms with Gasteiger partial charge in [0, 0.05) is 48.4 Å². The first-order valence-corrected chi connectivity index (χ1v) is 9.94. The van der Waals surface area contributed by atoms with Gasteiger partial charge in [-0.15, -0.1) is 10.2 Å². The Labute approximate surface area is 169 Å². The van der Waals surface area contributed by atoms with E-state index in [1.165, 1.54) is 0 Å². The topological polar surface area (TPSA) is 72.7 Å². The largest absolute Gasteiger partial charge is 0.353 e. The molecule has 1 amide bonds. The van der Waals surface area contributed by atoms with Gasteiger partial charge in [-0.2, -0.15) is 0 Å². The van der Waals surface area contributed by atoms with E-state index in [0.717, 1.165) is 48.6 Å². The molecule has 4 rings (SSSR count). The first-order chi connectivity index (χ1) is 13.7. The molecule has 28 heavy (non-hydrogen) atoms. The monoisotopic (exact) mass is 395 g/mol. The van der Waals surface area contributed by atoms with E-state index in [9.17, 15) is 4.79 Å². The number of aromatic nitrogens is 4. The molecule has 0 saturated heterocycles. The van der Waals surface area contributed by atoms with Crippen molar-refractivity contribution >= 4 is 17.5 Å². The molecule has 0 radical (unpaired) electrons. The van der Waals surface area contributed by atoms with E-state index in [1.807, 2.05) is 36.4 Å². The van der Waals surface area contributed by atoms with Crippen LogP contribution >= 0.6 is 11.6 Å². The number of aryl methyl sites for hydroxylation is 2. The van der Waals surface area contributed by atoms with E-state index < -0.39 is 0 Å². The molecule has 1 aromatic carbocycles. The average molecular weight is 396 g/mol. The number of amides is 1. The number of carbonyl (C=O) groups excluding carboxylic acids is 1. The fraction of sp³-hybridized carbons (Fsp3) is 0.333. The molecule has 144 valence electrons. The number of hydrogen-bond acceptors (Lipinski definition) is 4. The number of halogens is 1. The lowest BCUT2D eigenvalue weighted by Gasteiger charge is -2.16. The Balaban J connectivity index is 1.35. The van der Waals surface area contributed by atoms with Crippen molar-refractivity contribution in [1.29, 1.82) is 0 Å². The van der Waals surface area contributed by atoms with E-state index in [2.05, 4.69) is 25.1 Å². The summed E-state index contributed by atoms with van der Waals surface area (Å²) >= 11 is 6.17. The molecule has 0 spiro atoms. The van der Waals surface area contributed by atoms with Gasteiger partial charge in [0.1, 0.15) is 5.82 Å². The molecule has 3 heterocycles. The number of rotatable bonds is 5. The third kappa shape index (κ3) is 4.22. The molecule has 1 atom stereocenters. The highest BCUT2D eigenvalue weighted by Gasteiger charge is 2.22. The number of fused-ring (bicyclic) bond motifs is 1. The smallest absolute Gasteiger partial charge is 0.220 e. The quantitative estimate of drug-likeness (QED) is 0.718. The summed E-state index contributed by atoms with van der Waals surface area (Å²) in [6.07, 6.45) is 7.14. The minimum Gasteiger partial charge on any atom is -0.353 e. The van der Waals surface area contributed by atoms with Crippen LogP contribution < -0.4 is 5.32 Å². The van der Waals surface area contributed by atoms with Gasteiger partial charge in [0.05, 0.1) is 0 Å². The van der Waals surface area contributed by atoms with Crippen molar-refractivity contribution in [3.05, 3.63) is 65.2 Å². The Morgan fingerprint density at radius 3 is 2.79 bits per heavy atom. The van der Waals surface area contributed by atoms with Crippen molar-refractivity contribution in [2.24, 2.45) is 0 Å². The predicted octanol–water partition coefficient (Wildman–Crippen LogP) is 3.45. The Morgan fingerprint density at radius 1 is 1.14 bits per heavy atom. The summed E-state index contributed by atoms with van der Waals surface area (Å²) in [7, 11) is 0. The number of nitrogens with zero attached hydrogens (tertiary/aromatic N) is 4. The normalized spacial score (nSPS) is 16.2. The lowest BCUT2D eigenvalue weighted by molar-refractivity contribution is -0.121. The molecule has 7 heteroatoms. The van der Waals surface area contributed by atoms with Crippen LogP contribution in [-0.4, -0.2) is 31.7 Å². The van der Waals surface area contributed by atoms with Crippen molar-refractivity contribution in [3.63, 3.8) is 0 Å². The van der Waals surface area contributed by atoms with Crippen LogP contribution in [0.25, 0.3) is 11.4 Å².